The summed E-state index contributed by atoms with van der Waals surface area (Å²) in [7, 11) is 0. The highest BCUT2D eigenvalue weighted by atomic mass is 14.3. The van der Waals surface area contributed by atoms with Crippen molar-refractivity contribution >= 4 is 64.6 Å². The molecule has 0 radical (unpaired) electrons. The minimum absolute atomic E-state index is 0.0683. The van der Waals surface area contributed by atoms with Gasteiger partial charge in [-0.3, -0.25) is 0 Å². The molecule has 11 aromatic rings. The molecule has 58 heavy (non-hydrogen) atoms. The fourth-order valence-electron chi connectivity index (χ4n) is 9.84. The van der Waals surface area contributed by atoms with E-state index in [-0.39, 0.29) is 5.41 Å². The largest absolute Gasteiger partial charge is 0.0622 e. The average molecular weight is 739 g/mol. The molecular formula is C58H42. The molecule has 0 heterocycles. The fraction of sp³-hybridized carbons (Fsp3) is 0.0690. The van der Waals surface area contributed by atoms with Gasteiger partial charge in [-0.25, -0.2) is 0 Å². The molecule has 0 atom stereocenters. The summed E-state index contributed by atoms with van der Waals surface area (Å²) in [6.45, 7) is 7.06. The first kappa shape index (κ1) is 34.2. The lowest BCUT2D eigenvalue weighted by Crippen LogP contribution is -2.13. The molecule has 0 heteroatoms. The smallest absolute Gasteiger partial charge is 0.00204 e. The van der Waals surface area contributed by atoms with E-state index in [0.29, 0.717) is 0 Å². The van der Waals surface area contributed by atoms with Gasteiger partial charge in [0.2, 0.25) is 0 Å². The third kappa shape index (κ3) is 5.44. The SMILES string of the molecule is CC(C)(C)c1c2ccccc2c(-c2cccc3ccccc23)c2ccc(-c3ccc4cc(-c5c6ccccc6c(-c6ccccc6)c6ccccc56)ccc4c3)cc12. The number of hydrogen-bond acceptors (Lipinski definition) is 0. The van der Waals surface area contributed by atoms with Crippen LogP contribution in [0.2, 0.25) is 0 Å². The van der Waals surface area contributed by atoms with Crippen molar-refractivity contribution in [2.24, 2.45) is 0 Å². The lowest BCUT2D eigenvalue weighted by Gasteiger charge is -2.27. The first-order chi connectivity index (χ1) is 28.4. The van der Waals surface area contributed by atoms with Gasteiger partial charge in [-0.1, -0.05) is 203 Å². The Morgan fingerprint density at radius 1 is 0.259 bits per heavy atom. The lowest BCUT2D eigenvalue weighted by molar-refractivity contribution is 0.601. The van der Waals surface area contributed by atoms with E-state index < -0.39 is 0 Å². The second kappa shape index (κ2) is 13.3. The summed E-state index contributed by atoms with van der Waals surface area (Å²) in [6.07, 6.45) is 0. The normalized spacial score (nSPS) is 12.1. The second-order valence-electron chi connectivity index (χ2n) is 16.8. The van der Waals surface area contributed by atoms with Crippen LogP contribution in [0.5, 0.6) is 0 Å². The third-order valence-electron chi connectivity index (χ3n) is 12.3. The average Bonchev–Trinajstić information content (AvgIpc) is 3.26. The molecule has 11 rings (SSSR count). The quantitative estimate of drug-likeness (QED) is 0.158. The van der Waals surface area contributed by atoms with E-state index in [1.54, 1.807) is 0 Å². The van der Waals surface area contributed by atoms with Crippen molar-refractivity contribution in [1.82, 2.24) is 0 Å². The molecule has 0 bridgehead atoms. The minimum atomic E-state index is -0.0683. The van der Waals surface area contributed by atoms with Crippen LogP contribution in [0.1, 0.15) is 26.3 Å². The summed E-state index contributed by atoms with van der Waals surface area (Å²) < 4.78 is 0. The van der Waals surface area contributed by atoms with Crippen LogP contribution in [0.4, 0.5) is 0 Å². The van der Waals surface area contributed by atoms with Crippen molar-refractivity contribution in [2.75, 3.05) is 0 Å². The van der Waals surface area contributed by atoms with Gasteiger partial charge in [-0.05, 0) is 138 Å². The topological polar surface area (TPSA) is 0 Å². The Balaban J connectivity index is 1.09. The Hall–Kier alpha value is -7.02. The van der Waals surface area contributed by atoms with Gasteiger partial charge in [0.15, 0.2) is 0 Å². The van der Waals surface area contributed by atoms with Gasteiger partial charge in [0.25, 0.3) is 0 Å². The van der Waals surface area contributed by atoms with E-state index in [0.717, 1.165) is 0 Å². The van der Waals surface area contributed by atoms with Gasteiger partial charge >= 0.3 is 0 Å². The summed E-state index contributed by atoms with van der Waals surface area (Å²) in [5.41, 5.74) is 11.4. The van der Waals surface area contributed by atoms with Gasteiger partial charge in [0.1, 0.15) is 0 Å². The first-order valence-electron chi connectivity index (χ1n) is 20.4. The summed E-state index contributed by atoms with van der Waals surface area (Å²) in [4.78, 5) is 0. The van der Waals surface area contributed by atoms with E-state index in [9.17, 15) is 0 Å². The second-order valence-corrected chi connectivity index (χ2v) is 16.8. The summed E-state index contributed by atoms with van der Waals surface area (Å²) in [5.74, 6) is 0. The molecule has 11 aromatic carbocycles. The standard InChI is InChI=1S/C58H42/c1-58(2,3)57-52-26-14-13-25-50(52)56(45-27-15-19-37-16-7-8-20-44(37)45)51-33-32-42(36-53(51)57)40-28-29-41-35-43(31-30-39(41)34-40)55-48-23-11-9-21-46(48)54(38-17-5-4-6-18-38)47-22-10-12-24-49(47)55/h4-36H,1-3H3. The zero-order valence-electron chi connectivity index (χ0n) is 33.1. The van der Waals surface area contributed by atoms with Crippen LogP contribution in [0.15, 0.2) is 200 Å². The zero-order chi connectivity index (χ0) is 39.0. The molecule has 274 valence electrons. The van der Waals surface area contributed by atoms with Gasteiger partial charge in [-0.15, -0.1) is 0 Å². The van der Waals surface area contributed by atoms with Crippen LogP contribution in [-0.4, -0.2) is 0 Å². The molecule has 0 spiro atoms. The van der Waals surface area contributed by atoms with E-state index in [2.05, 4.69) is 221 Å². The minimum Gasteiger partial charge on any atom is -0.0622 e. The number of fused-ring (bicyclic) bond motifs is 6. The zero-order valence-corrected chi connectivity index (χ0v) is 33.1. The van der Waals surface area contributed by atoms with Gasteiger partial charge < -0.3 is 0 Å². The number of benzene rings is 11. The molecule has 0 aliphatic carbocycles. The monoisotopic (exact) mass is 738 g/mol. The maximum absolute atomic E-state index is 2.46. The van der Waals surface area contributed by atoms with Crippen molar-refractivity contribution in [3.05, 3.63) is 206 Å². The van der Waals surface area contributed by atoms with E-state index >= 15 is 0 Å². The van der Waals surface area contributed by atoms with Gasteiger partial charge in [0.05, 0.1) is 0 Å². The molecule has 0 nitrogen and oxygen atoms in total. The summed E-state index contributed by atoms with van der Waals surface area (Å²) in [5, 5.41) is 15.4. The fourth-order valence-corrected chi connectivity index (χ4v) is 9.84. The van der Waals surface area contributed by atoms with Crippen LogP contribution in [0, 0.1) is 0 Å². The molecule has 0 aromatic heterocycles. The van der Waals surface area contributed by atoms with Crippen molar-refractivity contribution in [2.45, 2.75) is 26.2 Å². The number of rotatable bonds is 4. The van der Waals surface area contributed by atoms with Crippen molar-refractivity contribution in [1.29, 1.82) is 0 Å². The highest BCUT2D eigenvalue weighted by molar-refractivity contribution is 6.22. The molecule has 0 aliphatic heterocycles. The summed E-state index contributed by atoms with van der Waals surface area (Å²) in [6, 6.07) is 74.4. The Bertz CT molecular complexity index is 3350. The highest BCUT2D eigenvalue weighted by Crippen LogP contribution is 2.47. The molecular weight excluding hydrogens is 697 g/mol. The van der Waals surface area contributed by atoms with E-state index in [1.165, 1.54) is 115 Å². The third-order valence-corrected chi connectivity index (χ3v) is 12.3. The van der Waals surface area contributed by atoms with E-state index in [4.69, 9.17) is 0 Å². The highest BCUT2D eigenvalue weighted by Gasteiger charge is 2.25. The molecule has 0 N–H and O–H groups in total. The maximum atomic E-state index is 2.46. The van der Waals surface area contributed by atoms with Crippen LogP contribution >= 0.6 is 0 Å². The summed E-state index contributed by atoms with van der Waals surface area (Å²) >= 11 is 0. The molecule has 0 unspecified atom stereocenters. The van der Waals surface area contributed by atoms with Gasteiger partial charge in [-0.2, -0.15) is 0 Å². The first-order valence-corrected chi connectivity index (χ1v) is 20.4. The Morgan fingerprint density at radius 2 is 0.707 bits per heavy atom. The Morgan fingerprint density at radius 3 is 1.34 bits per heavy atom. The Labute approximate surface area is 339 Å². The van der Waals surface area contributed by atoms with Crippen LogP contribution in [0.25, 0.3) is 109 Å². The predicted octanol–water partition coefficient (Wildman–Crippen LogP) is 16.6. The maximum Gasteiger partial charge on any atom is -0.00204 e. The van der Waals surface area contributed by atoms with Crippen molar-refractivity contribution in [3.8, 4) is 44.5 Å². The van der Waals surface area contributed by atoms with Crippen molar-refractivity contribution in [3.63, 3.8) is 0 Å². The van der Waals surface area contributed by atoms with Crippen LogP contribution in [-0.2, 0) is 5.41 Å². The van der Waals surface area contributed by atoms with Gasteiger partial charge in [0, 0.05) is 0 Å². The lowest BCUT2D eigenvalue weighted by atomic mass is 9.77. The molecule has 0 fully saturated rings. The molecule has 0 aliphatic rings. The molecule has 0 saturated heterocycles. The predicted molar refractivity (Wildman–Crippen MR) is 252 cm³/mol. The van der Waals surface area contributed by atoms with Crippen LogP contribution in [0.3, 0.4) is 0 Å². The molecule has 0 saturated carbocycles. The Kier molecular flexibility index (Phi) is 7.85. The molecule has 0 amide bonds. The van der Waals surface area contributed by atoms with Crippen LogP contribution < -0.4 is 0 Å². The van der Waals surface area contributed by atoms with E-state index in [1.807, 2.05) is 0 Å². The van der Waals surface area contributed by atoms with Crippen molar-refractivity contribution < 1.29 is 0 Å². The number of hydrogen-bond donors (Lipinski definition) is 0.